The zero-order chi connectivity index (χ0) is 13.8. The number of nitrogens with one attached hydrogen (secondary N) is 2. The maximum atomic E-state index is 12.0. The third-order valence-corrected chi connectivity index (χ3v) is 3.86. The Balaban J connectivity index is 1.48. The molecular weight excluding hydrogens is 252 g/mol. The molecule has 0 bridgehead atoms. The molecule has 1 aliphatic rings. The summed E-state index contributed by atoms with van der Waals surface area (Å²) >= 11 is 0. The Morgan fingerprint density at radius 3 is 3.00 bits per heavy atom. The van der Waals surface area contributed by atoms with Crippen molar-refractivity contribution in [2.75, 3.05) is 13.2 Å². The van der Waals surface area contributed by atoms with Crippen LogP contribution in [-0.4, -0.2) is 30.1 Å². The van der Waals surface area contributed by atoms with Gasteiger partial charge in [0.15, 0.2) is 0 Å². The van der Waals surface area contributed by atoms with E-state index in [0.717, 1.165) is 23.7 Å². The lowest BCUT2D eigenvalue weighted by Gasteiger charge is -2.11. The topological polar surface area (TPSA) is 54.1 Å². The molecule has 2 N–H and O–H groups in total. The van der Waals surface area contributed by atoms with E-state index in [2.05, 4.69) is 10.3 Å². The molecule has 106 valence electrons. The molecule has 1 saturated carbocycles. The maximum absolute atomic E-state index is 12.0. The first-order valence-electron chi connectivity index (χ1n) is 7.30. The van der Waals surface area contributed by atoms with E-state index in [4.69, 9.17) is 4.74 Å². The van der Waals surface area contributed by atoms with Crippen LogP contribution in [0, 0.1) is 0 Å². The molecule has 1 fully saturated rings. The molecule has 20 heavy (non-hydrogen) atoms. The van der Waals surface area contributed by atoms with Crippen molar-refractivity contribution in [3.8, 4) is 0 Å². The summed E-state index contributed by atoms with van der Waals surface area (Å²) in [4.78, 5) is 15.1. The molecule has 1 heterocycles. The van der Waals surface area contributed by atoms with E-state index in [9.17, 15) is 4.79 Å². The van der Waals surface area contributed by atoms with E-state index >= 15 is 0 Å². The van der Waals surface area contributed by atoms with Gasteiger partial charge in [0, 0.05) is 23.8 Å². The number of fused-ring (bicyclic) bond motifs is 1. The standard InChI is InChI=1S/C16H20N2O2/c19-16(18-9-10-20-14-3-1-2-4-14)13-6-5-12-7-8-17-15(12)11-13/h5-8,11,14,17H,1-4,9-10H2,(H,18,19). The van der Waals surface area contributed by atoms with Crippen molar-refractivity contribution in [2.45, 2.75) is 31.8 Å². The molecule has 0 saturated heterocycles. The third kappa shape index (κ3) is 3.02. The second-order valence-corrected chi connectivity index (χ2v) is 5.31. The highest BCUT2D eigenvalue weighted by atomic mass is 16.5. The van der Waals surface area contributed by atoms with Crippen molar-refractivity contribution in [3.05, 3.63) is 36.0 Å². The zero-order valence-electron chi connectivity index (χ0n) is 11.5. The molecule has 0 spiro atoms. The van der Waals surface area contributed by atoms with Crippen molar-refractivity contribution >= 4 is 16.8 Å². The van der Waals surface area contributed by atoms with Gasteiger partial charge in [-0.15, -0.1) is 0 Å². The molecule has 1 amide bonds. The number of ether oxygens (including phenoxy) is 1. The fourth-order valence-electron chi connectivity index (χ4n) is 2.74. The monoisotopic (exact) mass is 272 g/mol. The van der Waals surface area contributed by atoms with Crippen LogP contribution in [-0.2, 0) is 4.74 Å². The van der Waals surface area contributed by atoms with Crippen LogP contribution >= 0.6 is 0 Å². The Labute approximate surface area is 118 Å². The van der Waals surface area contributed by atoms with Gasteiger partial charge in [0.1, 0.15) is 0 Å². The highest BCUT2D eigenvalue weighted by Gasteiger charge is 2.15. The third-order valence-electron chi connectivity index (χ3n) is 3.86. The number of carbonyl (C=O) groups excluding carboxylic acids is 1. The van der Waals surface area contributed by atoms with E-state index in [1.165, 1.54) is 12.8 Å². The maximum Gasteiger partial charge on any atom is 0.251 e. The first-order valence-corrected chi connectivity index (χ1v) is 7.30. The molecule has 0 aliphatic heterocycles. The zero-order valence-corrected chi connectivity index (χ0v) is 11.5. The normalized spacial score (nSPS) is 15.8. The first kappa shape index (κ1) is 13.2. The number of H-pyrrole nitrogens is 1. The molecule has 0 radical (unpaired) electrons. The average Bonchev–Trinajstić information content (AvgIpc) is 3.13. The molecule has 0 atom stereocenters. The number of hydrogen-bond donors (Lipinski definition) is 2. The van der Waals surface area contributed by atoms with Gasteiger partial charge in [-0.1, -0.05) is 18.9 Å². The molecule has 1 aromatic heterocycles. The quantitative estimate of drug-likeness (QED) is 0.822. The Kier molecular flexibility index (Phi) is 4.02. The number of aromatic nitrogens is 1. The molecule has 2 aromatic rings. The van der Waals surface area contributed by atoms with Crippen molar-refractivity contribution in [2.24, 2.45) is 0 Å². The largest absolute Gasteiger partial charge is 0.376 e. The SMILES string of the molecule is O=C(NCCOC1CCCC1)c1ccc2cc[nH]c2c1. The van der Waals surface area contributed by atoms with Crippen molar-refractivity contribution in [3.63, 3.8) is 0 Å². The van der Waals surface area contributed by atoms with Crippen molar-refractivity contribution in [1.29, 1.82) is 0 Å². The Morgan fingerprint density at radius 1 is 1.30 bits per heavy atom. The second kappa shape index (κ2) is 6.09. The minimum absolute atomic E-state index is 0.0449. The van der Waals surface area contributed by atoms with E-state index in [1.807, 2.05) is 30.5 Å². The molecule has 0 unspecified atom stereocenters. The smallest absolute Gasteiger partial charge is 0.251 e. The second-order valence-electron chi connectivity index (χ2n) is 5.31. The van der Waals surface area contributed by atoms with Gasteiger partial charge >= 0.3 is 0 Å². The predicted molar refractivity (Wildman–Crippen MR) is 78.8 cm³/mol. The fourth-order valence-corrected chi connectivity index (χ4v) is 2.74. The van der Waals surface area contributed by atoms with Gasteiger partial charge in [-0.3, -0.25) is 4.79 Å². The van der Waals surface area contributed by atoms with E-state index in [-0.39, 0.29) is 5.91 Å². The van der Waals surface area contributed by atoms with Crippen LogP contribution < -0.4 is 5.32 Å². The van der Waals surface area contributed by atoms with Crippen LogP contribution in [0.25, 0.3) is 10.9 Å². The summed E-state index contributed by atoms with van der Waals surface area (Å²) in [5.41, 5.74) is 1.67. The summed E-state index contributed by atoms with van der Waals surface area (Å²) in [6, 6.07) is 7.67. The number of hydrogen-bond acceptors (Lipinski definition) is 2. The van der Waals surface area contributed by atoms with Crippen LogP contribution in [0.5, 0.6) is 0 Å². The summed E-state index contributed by atoms with van der Waals surface area (Å²) in [6.45, 7) is 1.17. The number of amides is 1. The van der Waals surface area contributed by atoms with Gasteiger partial charge in [-0.2, -0.15) is 0 Å². The van der Waals surface area contributed by atoms with Gasteiger partial charge < -0.3 is 15.0 Å². The lowest BCUT2D eigenvalue weighted by molar-refractivity contribution is 0.0582. The summed E-state index contributed by atoms with van der Waals surface area (Å²) in [7, 11) is 0. The Morgan fingerprint density at radius 2 is 2.15 bits per heavy atom. The average molecular weight is 272 g/mol. The van der Waals surface area contributed by atoms with E-state index in [0.29, 0.717) is 24.8 Å². The van der Waals surface area contributed by atoms with Gasteiger partial charge in [-0.25, -0.2) is 0 Å². The van der Waals surface area contributed by atoms with E-state index < -0.39 is 0 Å². The fraction of sp³-hybridized carbons (Fsp3) is 0.438. The van der Waals surface area contributed by atoms with Crippen LogP contribution in [0.1, 0.15) is 36.0 Å². The number of carbonyl (C=O) groups is 1. The molecule has 1 aliphatic carbocycles. The number of aromatic amines is 1. The van der Waals surface area contributed by atoms with Gasteiger partial charge in [-0.05, 0) is 36.4 Å². The van der Waals surface area contributed by atoms with Crippen LogP contribution in [0.4, 0.5) is 0 Å². The summed E-state index contributed by atoms with van der Waals surface area (Å²) in [5.74, 6) is -0.0449. The molecular formula is C16H20N2O2. The minimum atomic E-state index is -0.0449. The lowest BCUT2D eigenvalue weighted by atomic mass is 10.1. The van der Waals surface area contributed by atoms with Crippen LogP contribution in [0.3, 0.4) is 0 Å². The van der Waals surface area contributed by atoms with Gasteiger partial charge in [0.25, 0.3) is 5.91 Å². The molecule has 4 nitrogen and oxygen atoms in total. The van der Waals surface area contributed by atoms with Crippen LogP contribution in [0.15, 0.2) is 30.5 Å². The first-order chi connectivity index (χ1) is 9.83. The Bertz CT molecular complexity index is 585. The molecule has 4 heteroatoms. The summed E-state index contributed by atoms with van der Waals surface area (Å²) in [6.07, 6.45) is 7.15. The minimum Gasteiger partial charge on any atom is -0.376 e. The van der Waals surface area contributed by atoms with E-state index in [1.54, 1.807) is 0 Å². The van der Waals surface area contributed by atoms with Crippen molar-refractivity contribution < 1.29 is 9.53 Å². The summed E-state index contributed by atoms with van der Waals surface area (Å²) in [5, 5.41) is 4.02. The van der Waals surface area contributed by atoms with Crippen LogP contribution in [0.2, 0.25) is 0 Å². The van der Waals surface area contributed by atoms with Gasteiger partial charge in [0.2, 0.25) is 0 Å². The highest BCUT2D eigenvalue weighted by molar-refractivity contribution is 5.97. The predicted octanol–water partition coefficient (Wildman–Crippen LogP) is 2.86. The summed E-state index contributed by atoms with van der Waals surface area (Å²) < 4.78 is 5.73. The highest BCUT2D eigenvalue weighted by Crippen LogP contribution is 2.20. The molecule has 3 rings (SSSR count). The lowest BCUT2D eigenvalue weighted by Crippen LogP contribution is -2.28. The number of benzene rings is 1. The number of rotatable bonds is 5. The Hall–Kier alpha value is -1.81. The van der Waals surface area contributed by atoms with Crippen molar-refractivity contribution in [1.82, 2.24) is 10.3 Å². The van der Waals surface area contributed by atoms with Gasteiger partial charge in [0.05, 0.1) is 12.7 Å². The molecule has 1 aromatic carbocycles.